The number of halogens is 1. The van der Waals surface area contributed by atoms with E-state index in [1.807, 2.05) is 0 Å². The van der Waals surface area contributed by atoms with E-state index in [0.29, 0.717) is 12.2 Å². The minimum atomic E-state index is -0.366. The molecule has 0 radical (unpaired) electrons. The molecule has 0 aliphatic heterocycles. The Labute approximate surface area is 114 Å². The number of nitrogens with zero attached hydrogens (tertiary/aromatic N) is 1. The molecule has 0 heterocycles. The number of amides is 2. The molecule has 0 aliphatic carbocycles. The van der Waals surface area contributed by atoms with Gasteiger partial charge >= 0.3 is 6.03 Å². The zero-order valence-corrected chi connectivity index (χ0v) is 11.7. The minimum Gasteiger partial charge on any atom is -0.336 e. The lowest BCUT2D eigenvalue weighted by Gasteiger charge is -2.26. The van der Waals surface area contributed by atoms with Crippen LogP contribution in [0.1, 0.15) is 20.8 Å². The number of hydrogen-bond donors (Lipinski definition) is 2. The van der Waals surface area contributed by atoms with Crippen LogP contribution >= 0.6 is 0 Å². The van der Waals surface area contributed by atoms with Crippen LogP contribution in [0, 0.1) is 5.82 Å². The Balaban J connectivity index is 2.39. The monoisotopic (exact) mass is 267 g/mol. The average molecular weight is 267 g/mol. The van der Waals surface area contributed by atoms with E-state index >= 15 is 0 Å². The molecule has 0 aromatic heterocycles. The fourth-order valence-electron chi connectivity index (χ4n) is 1.96. The number of nitrogens with one attached hydrogen (secondary N) is 2. The summed E-state index contributed by atoms with van der Waals surface area (Å²) in [5, 5.41) is 5.39. The number of hydrogen-bond acceptors (Lipinski definition) is 2. The Morgan fingerprint density at radius 3 is 2.63 bits per heavy atom. The summed E-state index contributed by atoms with van der Waals surface area (Å²) in [5.41, 5.74) is 0.452. The number of carbonyl (C=O) groups is 1. The zero-order chi connectivity index (χ0) is 14.3. The van der Waals surface area contributed by atoms with E-state index in [1.54, 1.807) is 12.1 Å². The van der Waals surface area contributed by atoms with Gasteiger partial charge < -0.3 is 10.6 Å². The van der Waals surface area contributed by atoms with Crippen LogP contribution in [0.25, 0.3) is 0 Å². The number of rotatable bonds is 6. The van der Waals surface area contributed by atoms with E-state index in [-0.39, 0.29) is 17.9 Å². The number of anilines is 1. The summed E-state index contributed by atoms with van der Waals surface area (Å²) in [6, 6.07) is 5.79. The van der Waals surface area contributed by atoms with E-state index in [9.17, 15) is 9.18 Å². The second-order valence-corrected chi connectivity index (χ2v) is 4.42. The first-order chi connectivity index (χ1) is 9.06. The lowest BCUT2D eigenvalue weighted by Crippen LogP contribution is -2.43. The van der Waals surface area contributed by atoms with Crippen molar-refractivity contribution in [3.8, 4) is 0 Å². The van der Waals surface area contributed by atoms with Crippen molar-refractivity contribution in [3.63, 3.8) is 0 Å². The first kappa shape index (κ1) is 15.4. The van der Waals surface area contributed by atoms with Crippen LogP contribution in [0.15, 0.2) is 24.3 Å². The Bertz CT molecular complexity index is 407. The summed E-state index contributed by atoms with van der Waals surface area (Å²) in [6.45, 7) is 8.70. The Morgan fingerprint density at radius 1 is 1.37 bits per heavy atom. The van der Waals surface area contributed by atoms with E-state index < -0.39 is 0 Å². The van der Waals surface area contributed by atoms with E-state index in [2.05, 4.69) is 36.3 Å². The molecule has 1 aromatic rings. The fraction of sp³-hybridized carbons (Fsp3) is 0.500. The van der Waals surface area contributed by atoms with Gasteiger partial charge in [0.15, 0.2) is 0 Å². The molecule has 106 valence electrons. The smallest absolute Gasteiger partial charge is 0.319 e. The normalized spacial score (nSPS) is 12.3. The topological polar surface area (TPSA) is 44.4 Å². The molecule has 0 spiro atoms. The van der Waals surface area contributed by atoms with Gasteiger partial charge in [-0.1, -0.05) is 19.9 Å². The summed E-state index contributed by atoms with van der Waals surface area (Å²) in [5.74, 6) is -0.366. The average Bonchev–Trinajstić information content (AvgIpc) is 2.38. The lowest BCUT2D eigenvalue weighted by atomic mass is 10.3. The second kappa shape index (κ2) is 7.74. The highest BCUT2D eigenvalue weighted by Crippen LogP contribution is 2.08. The molecule has 1 unspecified atom stereocenters. The van der Waals surface area contributed by atoms with Crippen molar-refractivity contribution in [1.82, 2.24) is 10.2 Å². The zero-order valence-electron chi connectivity index (χ0n) is 11.7. The number of likely N-dealkylation sites (N-methyl/N-ethyl adjacent to an activating group) is 1. The van der Waals surface area contributed by atoms with E-state index in [1.165, 1.54) is 12.1 Å². The molecule has 0 bridgehead atoms. The Morgan fingerprint density at radius 2 is 2.05 bits per heavy atom. The maximum absolute atomic E-state index is 13.0. The van der Waals surface area contributed by atoms with Crippen LogP contribution in [0.3, 0.4) is 0 Å². The van der Waals surface area contributed by atoms with Crippen molar-refractivity contribution < 1.29 is 9.18 Å². The third-order valence-electron chi connectivity index (χ3n) is 3.08. The van der Waals surface area contributed by atoms with Crippen LogP contribution in [0.2, 0.25) is 0 Å². The molecule has 0 saturated carbocycles. The molecule has 0 aliphatic rings. The highest BCUT2D eigenvalue weighted by Gasteiger charge is 2.11. The first-order valence-corrected chi connectivity index (χ1v) is 6.61. The van der Waals surface area contributed by atoms with Gasteiger partial charge in [-0.15, -0.1) is 0 Å². The van der Waals surface area contributed by atoms with Crippen LogP contribution in [0.4, 0.5) is 14.9 Å². The van der Waals surface area contributed by atoms with Crippen molar-refractivity contribution in [3.05, 3.63) is 30.1 Å². The van der Waals surface area contributed by atoms with Crippen molar-refractivity contribution in [2.75, 3.05) is 25.0 Å². The lowest BCUT2D eigenvalue weighted by molar-refractivity contribution is 0.220. The van der Waals surface area contributed by atoms with Gasteiger partial charge in [0.2, 0.25) is 0 Å². The third kappa shape index (κ3) is 5.26. The van der Waals surface area contributed by atoms with Gasteiger partial charge in [-0.05, 0) is 38.2 Å². The molecule has 19 heavy (non-hydrogen) atoms. The Hall–Kier alpha value is -1.62. The molecular weight excluding hydrogens is 245 g/mol. The summed E-state index contributed by atoms with van der Waals surface area (Å²) >= 11 is 0. The molecule has 1 atom stereocenters. The maximum atomic E-state index is 13.0. The molecule has 5 heteroatoms. The van der Waals surface area contributed by atoms with E-state index in [4.69, 9.17) is 0 Å². The SMILES string of the molecule is CCN(CC)C(C)CNC(=O)Nc1cccc(F)c1. The molecule has 0 fully saturated rings. The van der Waals surface area contributed by atoms with Crippen LogP contribution in [-0.2, 0) is 0 Å². The minimum absolute atomic E-state index is 0.272. The molecule has 1 aromatic carbocycles. The molecular formula is C14H22FN3O. The van der Waals surface area contributed by atoms with Crippen molar-refractivity contribution in [2.45, 2.75) is 26.8 Å². The summed E-state index contributed by atoms with van der Waals surface area (Å²) in [7, 11) is 0. The van der Waals surface area contributed by atoms with Crippen LogP contribution in [-0.4, -0.2) is 36.6 Å². The summed E-state index contributed by atoms with van der Waals surface area (Å²) < 4.78 is 13.0. The molecule has 0 saturated heterocycles. The van der Waals surface area contributed by atoms with Gasteiger partial charge in [-0.3, -0.25) is 4.90 Å². The highest BCUT2D eigenvalue weighted by atomic mass is 19.1. The highest BCUT2D eigenvalue weighted by molar-refractivity contribution is 5.89. The second-order valence-electron chi connectivity index (χ2n) is 4.42. The van der Waals surface area contributed by atoms with Gasteiger partial charge in [0.25, 0.3) is 0 Å². The fourth-order valence-corrected chi connectivity index (χ4v) is 1.96. The van der Waals surface area contributed by atoms with Gasteiger partial charge in [0.1, 0.15) is 5.82 Å². The third-order valence-corrected chi connectivity index (χ3v) is 3.08. The van der Waals surface area contributed by atoms with Crippen molar-refractivity contribution >= 4 is 11.7 Å². The predicted octanol–water partition coefficient (Wildman–Crippen LogP) is 2.68. The molecule has 1 rings (SSSR count). The summed E-state index contributed by atoms with van der Waals surface area (Å²) in [6.07, 6.45) is 0. The Kier molecular flexibility index (Phi) is 6.29. The molecule has 4 nitrogen and oxygen atoms in total. The maximum Gasteiger partial charge on any atom is 0.319 e. The number of carbonyl (C=O) groups excluding carboxylic acids is 1. The van der Waals surface area contributed by atoms with Gasteiger partial charge in [0.05, 0.1) is 0 Å². The van der Waals surface area contributed by atoms with Crippen molar-refractivity contribution in [2.24, 2.45) is 0 Å². The predicted molar refractivity (Wildman–Crippen MR) is 75.8 cm³/mol. The molecule has 2 N–H and O–H groups in total. The van der Waals surface area contributed by atoms with Crippen LogP contribution in [0.5, 0.6) is 0 Å². The number of urea groups is 1. The van der Waals surface area contributed by atoms with Gasteiger partial charge in [-0.25, -0.2) is 9.18 Å². The van der Waals surface area contributed by atoms with E-state index in [0.717, 1.165) is 13.1 Å². The first-order valence-electron chi connectivity index (χ1n) is 6.61. The molecule has 2 amide bonds. The number of benzene rings is 1. The van der Waals surface area contributed by atoms with Crippen LogP contribution < -0.4 is 10.6 Å². The van der Waals surface area contributed by atoms with Gasteiger partial charge in [0, 0.05) is 18.3 Å². The standard InChI is InChI=1S/C14H22FN3O/c1-4-18(5-2)11(3)10-16-14(19)17-13-8-6-7-12(15)9-13/h6-9,11H,4-5,10H2,1-3H3,(H2,16,17,19). The van der Waals surface area contributed by atoms with Crippen molar-refractivity contribution in [1.29, 1.82) is 0 Å². The summed E-state index contributed by atoms with van der Waals surface area (Å²) in [4.78, 5) is 13.9. The van der Waals surface area contributed by atoms with Gasteiger partial charge in [-0.2, -0.15) is 0 Å². The largest absolute Gasteiger partial charge is 0.336 e. The quantitative estimate of drug-likeness (QED) is 0.832.